The maximum absolute atomic E-state index is 12.9. The molecule has 0 aliphatic carbocycles. The molecule has 0 atom stereocenters. The van der Waals surface area contributed by atoms with E-state index in [1.807, 2.05) is 52.3 Å². The van der Waals surface area contributed by atoms with E-state index >= 15 is 0 Å². The SMILES string of the molecule is O=C(c1ccc(NCc2ccc(Cn3ccnc3)cc2)nc1)N1CCc2ccccc21. The highest BCUT2D eigenvalue weighted by Crippen LogP contribution is 2.28. The van der Waals surface area contributed by atoms with Crippen LogP contribution in [0.2, 0.25) is 0 Å². The van der Waals surface area contributed by atoms with Crippen molar-refractivity contribution < 1.29 is 4.79 Å². The zero-order chi connectivity index (χ0) is 21.0. The van der Waals surface area contributed by atoms with Crippen molar-refractivity contribution in [3.05, 3.63) is 108 Å². The van der Waals surface area contributed by atoms with Gasteiger partial charge in [0.25, 0.3) is 5.91 Å². The highest BCUT2D eigenvalue weighted by atomic mass is 16.2. The van der Waals surface area contributed by atoms with Gasteiger partial charge in [0.1, 0.15) is 5.82 Å². The van der Waals surface area contributed by atoms with Gasteiger partial charge in [-0.1, -0.05) is 42.5 Å². The van der Waals surface area contributed by atoms with Gasteiger partial charge in [-0.2, -0.15) is 0 Å². The van der Waals surface area contributed by atoms with E-state index in [1.54, 1.807) is 12.4 Å². The summed E-state index contributed by atoms with van der Waals surface area (Å²) in [5.41, 5.74) is 5.23. The molecule has 2 aromatic heterocycles. The minimum atomic E-state index is -0.00233. The molecule has 5 rings (SSSR count). The quantitative estimate of drug-likeness (QED) is 0.520. The molecule has 1 aliphatic heterocycles. The average molecular weight is 409 g/mol. The van der Waals surface area contributed by atoms with Gasteiger partial charge in [-0.3, -0.25) is 4.79 Å². The van der Waals surface area contributed by atoms with Gasteiger partial charge in [0.05, 0.1) is 11.9 Å². The molecule has 0 unspecified atom stereocenters. The molecule has 2 aromatic carbocycles. The smallest absolute Gasteiger partial charge is 0.259 e. The van der Waals surface area contributed by atoms with E-state index in [1.165, 1.54) is 16.7 Å². The summed E-state index contributed by atoms with van der Waals surface area (Å²) in [5.74, 6) is 0.748. The number of pyridine rings is 1. The predicted octanol–water partition coefficient (Wildman–Crippen LogP) is 4.14. The number of para-hydroxylation sites is 1. The molecule has 1 N–H and O–H groups in total. The van der Waals surface area contributed by atoms with Crippen LogP contribution >= 0.6 is 0 Å². The largest absolute Gasteiger partial charge is 0.366 e. The fourth-order valence-electron chi connectivity index (χ4n) is 3.88. The van der Waals surface area contributed by atoms with E-state index in [4.69, 9.17) is 0 Å². The molecule has 6 heteroatoms. The molecule has 0 radical (unpaired) electrons. The number of aromatic nitrogens is 3. The van der Waals surface area contributed by atoms with Crippen molar-refractivity contribution in [3.63, 3.8) is 0 Å². The van der Waals surface area contributed by atoms with E-state index in [0.717, 1.165) is 31.0 Å². The van der Waals surface area contributed by atoms with Crippen LogP contribution in [0.1, 0.15) is 27.0 Å². The Hall–Kier alpha value is -3.93. The summed E-state index contributed by atoms with van der Waals surface area (Å²) in [4.78, 5) is 23.3. The molecule has 4 aromatic rings. The predicted molar refractivity (Wildman–Crippen MR) is 121 cm³/mol. The number of nitrogens with zero attached hydrogens (tertiary/aromatic N) is 4. The van der Waals surface area contributed by atoms with Crippen LogP contribution in [0.3, 0.4) is 0 Å². The maximum atomic E-state index is 12.9. The van der Waals surface area contributed by atoms with Gasteiger partial charge in [0, 0.05) is 43.9 Å². The second-order valence-corrected chi connectivity index (χ2v) is 7.67. The van der Waals surface area contributed by atoms with Gasteiger partial charge in [-0.25, -0.2) is 9.97 Å². The minimum Gasteiger partial charge on any atom is -0.366 e. The molecule has 31 heavy (non-hydrogen) atoms. The molecule has 0 saturated carbocycles. The van der Waals surface area contributed by atoms with Gasteiger partial charge in [0.2, 0.25) is 0 Å². The van der Waals surface area contributed by atoms with Crippen molar-refractivity contribution >= 4 is 17.4 Å². The van der Waals surface area contributed by atoms with Crippen LogP contribution in [0.4, 0.5) is 11.5 Å². The van der Waals surface area contributed by atoms with Crippen molar-refractivity contribution in [3.8, 4) is 0 Å². The van der Waals surface area contributed by atoms with Crippen LogP contribution in [0.5, 0.6) is 0 Å². The van der Waals surface area contributed by atoms with Crippen molar-refractivity contribution in [1.29, 1.82) is 0 Å². The molecular formula is C25H23N5O. The Morgan fingerprint density at radius 2 is 1.84 bits per heavy atom. The summed E-state index contributed by atoms with van der Waals surface area (Å²) in [5, 5.41) is 3.33. The number of benzene rings is 2. The van der Waals surface area contributed by atoms with Crippen LogP contribution in [-0.2, 0) is 19.5 Å². The van der Waals surface area contributed by atoms with Crippen LogP contribution in [0.25, 0.3) is 0 Å². The lowest BCUT2D eigenvalue weighted by Gasteiger charge is -2.17. The van der Waals surface area contributed by atoms with Crippen LogP contribution < -0.4 is 10.2 Å². The van der Waals surface area contributed by atoms with Crippen LogP contribution in [-0.4, -0.2) is 27.0 Å². The summed E-state index contributed by atoms with van der Waals surface area (Å²) >= 11 is 0. The summed E-state index contributed by atoms with van der Waals surface area (Å²) in [6.07, 6.45) is 8.11. The second-order valence-electron chi connectivity index (χ2n) is 7.67. The summed E-state index contributed by atoms with van der Waals surface area (Å²) in [7, 11) is 0. The third kappa shape index (κ3) is 4.19. The Bertz CT molecular complexity index is 1170. The lowest BCUT2D eigenvalue weighted by Crippen LogP contribution is -2.28. The zero-order valence-electron chi connectivity index (χ0n) is 17.1. The van der Waals surface area contributed by atoms with Gasteiger partial charge in [0.15, 0.2) is 0 Å². The van der Waals surface area contributed by atoms with Crippen molar-refractivity contribution in [2.45, 2.75) is 19.5 Å². The Kier molecular flexibility index (Phi) is 5.19. The number of carbonyl (C=O) groups excluding carboxylic acids is 1. The number of fused-ring (bicyclic) bond motifs is 1. The number of rotatable bonds is 6. The Morgan fingerprint density at radius 3 is 2.61 bits per heavy atom. The van der Waals surface area contributed by atoms with Gasteiger partial charge >= 0.3 is 0 Å². The Morgan fingerprint density at radius 1 is 1.00 bits per heavy atom. The molecule has 154 valence electrons. The van der Waals surface area contributed by atoms with E-state index < -0.39 is 0 Å². The third-order valence-electron chi connectivity index (χ3n) is 5.56. The Labute approximate surface area is 181 Å². The first-order chi connectivity index (χ1) is 15.3. The molecule has 0 bridgehead atoms. The minimum absolute atomic E-state index is 0.00233. The van der Waals surface area contributed by atoms with Crippen LogP contribution in [0.15, 0.2) is 85.6 Å². The molecule has 1 amide bonds. The summed E-state index contributed by atoms with van der Waals surface area (Å²) in [6.45, 7) is 2.20. The normalized spacial score (nSPS) is 12.6. The van der Waals surface area contributed by atoms with Crippen molar-refractivity contribution in [2.75, 3.05) is 16.8 Å². The highest BCUT2D eigenvalue weighted by molar-refractivity contribution is 6.07. The summed E-state index contributed by atoms with van der Waals surface area (Å²) in [6, 6.07) is 20.3. The van der Waals surface area contributed by atoms with Gasteiger partial charge in [-0.15, -0.1) is 0 Å². The maximum Gasteiger partial charge on any atom is 0.259 e. The molecule has 0 spiro atoms. The van der Waals surface area contributed by atoms with E-state index in [-0.39, 0.29) is 5.91 Å². The standard InChI is InChI=1S/C25H23N5O/c31-25(30-13-11-21-3-1-2-4-23(21)30)22-9-10-24(28-16-22)27-15-19-5-7-20(8-6-19)17-29-14-12-26-18-29/h1-10,12,14,16,18H,11,13,15,17H2,(H,27,28). The van der Waals surface area contributed by atoms with Gasteiger partial charge < -0.3 is 14.8 Å². The third-order valence-corrected chi connectivity index (χ3v) is 5.56. The zero-order valence-corrected chi connectivity index (χ0v) is 17.1. The fraction of sp³-hybridized carbons (Fsp3) is 0.160. The topological polar surface area (TPSA) is 63.1 Å². The lowest BCUT2D eigenvalue weighted by atomic mass is 10.1. The Balaban J connectivity index is 1.19. The average Bonchev–Trinajstić information content (AvgIpc) is 3.48. The van der Waals surface area contributed by atoms with E-state index in [0.29, 0.717) is 12.1 Å². The number of nitrogens with one attached hydrogen (secondary N) is 1. The van der Waals surface area contributed by atoms with Crippen molar-refractivity contribution in [1.82, 2.24) is 14.5 Å². The number of hydrogen-bond donors (Lipinski definition) is 1. The lowest BCUT2D eigenvalue weighted by molar-refractivity contribution is 0.0989. The molecule has 0 fully saturated rings. The first-order valence-electron chi connectivity index (χ1n) is 10.4. The fourth-order valence-corrected chi connectivity index (χ4v) is 3.88. The summed E-state index contributed by atoms with van der Waals surface area (Å²) < 4.78 is 2.04. The van der Waals surface area contributed by atoms with Crippen LogP contribution in [0, 0.1) is 0 Å². The second kappa shape index (κ2) is 8.44. The van der Waals surface area contributed by atoms with E-state index in [2.05, 4.69) is 45.6 Å². The van der Waals surface area contributed by atoms with E-state index in [9.17, 15) is 4.79 Å². The molecule has 3 heterocycles. The number of amides is 1. The highest BCUT2D eigenvalue weighted by Gasteiger charge is 2.25. The first-order valence-corrected chi connectivity index (χ1v) is 10.4. The monoisotopic (exact) mass is 409 g/mol. The number of hydrogen-bond acceptors (Lipinski definition) is 4. The first kappa shape index (κ1) is 19.1. The molecule has 0 saturated heterocycles. The van der Waals surface area contributed by atoms with Crippen molar-refractivity contribution in [2.24, 2.45) is 0 Å². The molecule has 6 nitrogen and oxygen atoms in total. The molecule has 1 aliphatic rings. The number of imidazole rings is 1. The number of anilines is 2. The molecular weight excluding hydrogens is 386 g/mol. The number of carbonyl (C=O) groups is 1. The van der Waals surface area contributed by atoms with Gasteiger partial charge in [-0.05, 0) is 41.3 Å².